The normalized spacial score (nSPS) is 9.69. The van der Waals surface area contributed by atoms with Gasteiger partial charge in [0, 0.05) is 11.6 Å². The molecule has 70 valence electrons. The molecule has 0 bridgehead atoms. The van der Waals surface area contributed by atoms with Crippen molar-refractivity contribution < 1.29 is 4.79 Å². The maximum absolute atomic E-state index is 11.2. The van der Waals surface area contributed by atoms with Gasteiger partial charge in [-0.25, -0.2) is 0 Å². The second-order valence-corrected chi connectivity index (χ2v) is 3.20. The first-order valence-electron chi connectivity index (χ1n) is 4.23. The second kappa shape index (κ2) is 4.87. The van der Waals surface area contributed by atoms with Gasteiger partial charge in [-0.05, 0) is 24.6 Å². The van der Waals surface area contributed by atoms with Gasteiger partial charge in [-0.15, -0.1) is 0 Å². The van der Waals surface area contributed by atoms with Crippen molar-refractivity contribution in [1.82, 2.24) is 5.32 Å². The first-order chi connectivity index (χ1) is 6.22. The minimum atomic E-state index is 0.0322. The van der Waals surface area contributed by atoms with Crippen molar-refractivity contribution in [2.75, 3.05) is 6.54 Å². The molecule has 0 aliphatic heterocycles. The van der Waals surface area contributed by atoms with E-state index in [-0.39, 0.29) is 5.91 Å². The Labute approximate surface area is 82.9 Å². The van der Waals surface area contributed by atoms with Gasteiger partial charge in [0.25, 0.3) is 0 Å². The summed E-state index contributed by atoms with van der Waals surface area (Å²) in [6.45, 7) is 2.56. The van der Waals surface area contributed by atoms with Gasteiger partial charge in [0.1, 0.15) is 0 Å². The number of hydrogen-bond acceptors (Lipinski definition) is 1. The Morgan fingerprint density at radius 1 is 1.54 bits per heavy atom. The Hall–Kier alpha value is -1.02. The highest BCUT2D eigenvalue weighted by Crippen LogP contribution is 2.10. The third-order valence-corrected chi connectivity index (χ3v) is 1.86. The summed E-state index contributed by atoms with van der Waals surface area (Å²) in [6.07, 6.45) is 0.397. The molecule has 0 aromatic heterocycles. The molecule has 0 atom stereocenters. The molecule has 3 heteroatoms. The first-order valence-corrected chi connectivity index (χ1v) is 4.61. The van der Waals surface area contributed by atoms with Crippen LogP contribution in [-0.2, 0) is 11.2 Å². The van der Waals surface area contributed by atoms with Crippen molar-refractivity contribution in [2.24, 2.45) is 0 Å². The fraction of sp³-hybridized carbons (Fsp3) is 0.300. The van der Waals surface area contributed by atoms with Crippen LogP contribution >= 0.6 is 11.6 Å². The lowest BCUT2D eigenvalue weighted by molar-refractivity contribution is -0.120. The number of carbonyl (C=O) groups is 1. The molecule has 0 heterocycles. The topological polar surface area (TPSA) is 29.1 Å². The van der Waals surface area contributed by atoms with Gasteiger partial charge in [0.15, 0.2) is 0 Å². The quantitative estimate of drug-likeness (QED) is 0.790. The Bertz CT molecular complexity index is 299. The number of halogens is 1. The van der Waals surface area contributed by atoms with Crippen LogP contribution in [0.15, 0.2) is 24.3 Å². The SMILES string of the molecule is CCNC(=O)Cc1cccc(Cl)c1. The Morgan fingerprint density at radius 2 is 2.31 bits per heavy atom. The van der Waals surface area contributed by atoms with Crippen LogP contribution in [0.3, 0.4) is 0 Å². The first kappa shape index (κ1) is 10.1. The molecule has 0 radical (unpaired) electrons. The van der Waals surface area contributed by atoms with Gasteiger partial charge in [-0.1, -0.05) is 23.7 Å². The lowest BCUT2D eigenvalue weighted by atomic mass is 10.1. The van der Waals surface area contributed by atoms with Crippen LogP contribution in [0.4, 0.5) is 0 Å². The molecule has 1 aromatic rings. The molecule has 0 saturated heterocycles. The lowest BCUT2D eigenvalue weighted by Gasteiger charge is -2.02. The highest BCUT2D eigenvalue weighted by atomic mass is 35.5. The summed E-state index contributed by atoms with van der Waals surface area (Å²) in [5.41, 5.74) is 0.943. The highest BCUT2D eigenvalue weighted by Gasteiger charge is 2.01. The molecule has 13 heavy (non-hydrogen) atoms. The molecule has 1 aromatic carbocycles. The van der Waals surface area contributed by atoms with E-state index >= 15 is 0 Å². The summed E-state index contributed by atoms with van der Waals surface area (Å²) in [7, 11) is 0. The molecule has 1 N–H and O–H groups in total. The molecular weight excluding hydrogens is 186 g/mol. The van der Waals surface area contributed by atoms with Crippen LogP contribution < -0.4 is 5.32 Å². The molecule has 1 rings (SSSR count). The maximum Gasteiger partial charge on any atom is 0.224 e. The molecule has 2 nitrogen and oxygen atoms in total. The average molecular weight is 198 g/mol. The minimum Gasteiger partial charge on any atom is -0.356 e. The van der Waals surface area contributed by atoms with Gasteiger partial charge in [0.2, 0.25) is 5.91 Å². The summed E-state index contributed by atoms with van der Waals surface area (Å²) in [5.74, 6) is 0.0322. The van der Waals surface area contributed by atoms with E-state index in [4.69, 9.17) is 11.6 Å². The van der Waals surface area contributed by atoms with Crippen LogP contribution in [0.2, 0.25) is 5.02 Å². The van der Waals surface area contributed by atoms with Crippen LogP contribution in [0, 0.1) is 0 Å². The Morgan fingerprint density at radius 3 is 2.92 bits per heavy atom. The molecule has 0 aliphatic carbocycles. The smallest absolute Gasteiger partial charge is 0.224 e. The number of likely N-dealkylation sites (N-methyl/N-ethyl adjacent to an activating group) is 1. The zero-order valence-corrected chi connectivity index (χ0v) is 8.27. The fourth-order valence-electron chi connectivity index (χ4n) is 1.09. The number of benzene rings is 1. The molecule has 1 amide bonds. The van der Waals surface area contributed by atoms with Gasteiger partial charge in [-0.3, -0.25) is 4.79 Å². The standard InChI is InChI=1S/C10H12ClNO/c1-2-12-10(13)7-8-4-3-5-9(11)6-8/h3-6H,2,7H2,1H3,(H,12,13). The van der Waals surface area contributed by atoms with E-state index in [0.29, 0.717) is 18.0 Å². The fourth-order valence-corrected chi connectivity index (χ4v) is 1.30. The molecule has 0 unspecified atom stereocenters. The number of rotatable bonds is 3. The summed E-state index contributed by atoms with van der Waals surface area (Å²) in [5, 5.41) is 3.40. The summed E-state index contributed by atoms with van der Waals surface area (Å²) in [6, 6.07) is 7.33. The molecule has 0 saturated carbocycles. The van der Waals surface area contributed by atoms with Crippen molar-refractivity contribution in [2.45, 2.75) is 13.3 Å². The van der Waals surface area contributed by atoms with Crippen LogP contribution in [-0.4, -0.2) is 12.5 Å². The average Bonchev–Trinajstić information content (AvgIpc) is 2.04. The molecule has 0 aliphatic rings. The molecular formula is C10H12ClNO. The maximum atomic E-state index is 11.2. The van der Waals surface area contributed by atoms with Gasteiger partial charge in [0.05, 0.1) is 6.42 Å². The van der Waals surface area contributed by atoms with Crippen molar-refractivity contribution in [3.8, 4) is 0 Å². The van der Waals surface area contributed by atoms with Crippen molar-refractivity contribution in [1.29, 1.82) is 0 Å². The largest absolute Gasteiger partial charge is 0.356 e. The van der Waals surface area contributed by atoms with Crippen molar-refractivity contribution in [3.05, 3.63) is 34.9 Å². The second-order valence-electron chi connectivity index (χ2n) is 2.76. The number of hydrogen-bond donors (Lipinski definition) is 1. The van der Waals surface area contributed by atoms with E-state index in [0.717, 1.165) is 5.56 Å². The van der Waals surface area contributed by atoms with Gasteiger partial charge in [-0.2, -0.15) is 0 Å². The van der Waals surface area contributed by atoms with Crippen LogP contribution in [0.1, 0.15) is 12.5 Å². The lowest BCUT2D eigenvalue weighted by Crippen LogP contribution is -2.24. The zero-order valence-electron chi connectivity index (χ0n) is 7.51. The number of carbonyl (C=O) groups excluding carboxylic acids is 1. The monoisotopic (exact) mass is 197 g/mol. The van der Waals surface area contributed by atoms with E-state index in [9.17, 15) is 4.79 Å². The molecule has 0 fully saturated rings. The number of nitrogens with one attached hydrogen (secondary N) is 1. The van der Waals surface area contributed by atoms with Crippen LogP contribution in [0.25, 0.3) is 0 Å². The summed E-state index contributed by atoms with van der Waals surface area (Å²) < 4.78 is 0. The van der Waals surface area contributed by atoms with E-state index in [1.807, 2.05) is 19.1 Å². The third-order valence-electron chi connectivity index (χ3n) is 1.63. The van der Waals surface area contributed by atoms with E-state index in [1.54, 1.807) is 12.1 Å². The van der Waals surface area contributed by atoms with E-state index in [1.165, 1.54) is 0 Å². The third kappa shape index (κ3) is 3.47. The predicted molar refractivity (Wildman–Crippen MR) is 53.8 cm³/mol. The summed E-state index contributed by atoms with van der Waals surface area (Å²) in [4.78, 5) is 11.2. The number of amides is 1. The Kier molecular flexibility index (Phi) is 3.77. The van der Waals surface area contributed by atoms with Gasteiger partial charge >= 0.3 is 0 Å². The van der Waals surface area contributed by atoms with Crippen LogP contribution in [0.5, 0.6) is 0 Å². The van der Waals surface area contributed by atoms with Crippen molar-refractivity contribution in [3.63, 3.8) is 0 Å². The highest BCUT2D eigenvalue weighted by molar-refractivity contribution is 6.30. The predicted octanol–water partition coefficient (Wildman–Crippen LogP) is 2.02. The van der Waals surface area contributed by atoms with Crippen molar-refractivity contribution >= 4 is 17.5 Å². The Balaban J connectivity index is 2.58. The zero-order chi connectivity index (χ0) is 9.68. The minimum absolute atomic E-state index is 0.0322. The van der Waals surface area contributed by atoms with Gasteiger partial charge < -0.3 is 5.32 Å². The molecule has 0 spiro atoms. The van der Waals surface area contributed by atoms with E-state index < -0.39 is 0 Å². The van der Waals surface area contributed by atoms with E-state index in [2.05, 4.69) is 5.32 Å². The summed E-state index contributed by atoms with van der Waals surface area (Å²) >= 11 is 5.77.